The van der Waals surface area contributed by atoms with E-state index in [1.54, 1.807) is 0 Å². The van der Waals surface area contributed by atoms with E-state index < -0.39 is 0 Å². The third-order valence-electron chi connectivity index (χ3n) is 3.63. The molecule has 2 aromatic rings. The highest BCUT2D eigenvalue weighted by Crippen LogP contribution is 2.22. The molecule has 0 saturated heterocycles. The fourth-order valence-electron chi connectivity index (χ4n) is 2.35. The summed E-state index contributed by atoms with van der Waals surface area (Å²) < 4.78 is 5.59. The molecule has 0 saturated carbocycles. The molecule has 0 atom stereocenters. The van der Waals surface area contributed by atoms with Crippen molar-refractivity contribution in [2.45, 2.75) is 40.0 Å². The van der Waals surface area contributed by atoms with Crippen molar-refractivity contribution in [2.75, 3.05) is 0 Å². The minimum Gasteiger partial charge on any atom is -0.426 e. The van der Waals surface area contributed by atoms with Crippen LogP contribution < -0.4 is 4.74 Å². The van der Waals surface area contributed by atoms with Crippen molar-refractivity contribution in [3.63, 3.8) is 0 Å². The summed E-state index contributed by atoms with van der Waals surface area (Å²) in [4.78, 5) is 12.1. The van der Waals surface area contributed by atoms with Gasteiger partial charge in [0.15, 0.2) is 0 Å². The van der Waals surface area contributed by atoms with Crippen molar-refractivity contribution in [1.29, 1.82) is 0 Å². The molecule has 0 heterocycles. The smallest absolute Gasteiger partial charge is 0.311 e. The van der Waals surface area contributed by atoms with Gasteiger partial charge in [-0.05, 0) is 50.8 Å². The molecule has 0 bridgehead atoms. The van der Waals surface area contributed by atoms with Crippen LogP contribution in [-0.4, -0.2) is 5.97 Å². The third kappa shape index (κ3) is 5.74. The van der Waals surface area contributed by atoms with Crippen LogP contribution >= 0.6 is 0 Å². The Morgan fingerprint density at radius 2 is 1.83 bits per heavy atom. The standard InChI is InChI=1S/C21H24O2/c1-16(2)9-12-19-15-17(3)10-13-20(19)23-21(22)14-11-18-7-5-4-6-8-18/h4-10,13,15H,11-12,14H2,1-3H3. The van der Waals surface area contributed by atoms with Gasteiger partial charge in [-0.3, -0.25) is 4.79 Å². The Balaban J connectivity index is 2.01. The van der Waals surface area contributed by atoms with Crippen molar-refractivity contribution in [3.8, 4) is 5.75 Å². The molecule has 0 radical (unpaired) electrons. The Morgan fingerprint density at radius 3 is 2.52 bits per heavy atom. The molecule has 0 spiro atoms. The van der Waals surface area contributed by atoms with Crippen molar-refractivity contribution >= 4 is 5.97 Å². The zero-order valence-corrected chi connectivity index (χ0v) is 14.1. The van der Waals surface area contributed by atoms with Gasteiger partial charge in [-0.1, -0.05) is 59.7 Å². The Labute approximate surface area is 138 Å². The van der Waals surface area contributed by atoms with Crippen LogP contribution in [0.2, 0.25) is 0 Å². The molecule has 0 N–H and O–H groups in total. The van der Waals surface area contributed by atoms with Gasteiger partial charge in [0.05, 0.1) is 0 Å². The molecular weight excluding hydrogens is 284 g/mol. The highest BCUT2D eigenvalue weighted by Gasteiger charge is 2.09. The summed E-state index contributed by atoms with van der Waals surface area (Å²) in [5.41, 5.74) is 4.64. The highest BCUT2D eigenvalue weighted by atomic mass is 16.5. The molecule has 0 fully saturated rings. The Bertz CT molecular complexity index is 680. The number of carbonyl (C=O) groups is 1. The van der Waals surface area contributed by atoms with E-state index in [0.717, 1.165) is 17.5 Å². The number of carbonyl (C=O) groups excluding carboxylic acids is 1. The first-order chi connectivity index (χ1) is 11.0. The molecule has 23 heavy (non-hydrogen) atoms. The molecule has 2 aromatic carbocycles. The average Bonchev–Trinajstić information content (AvgIpc) is 2.54. The molecule has 2 heteroatoms. The van der Waals surface area contributed by atoms with Gasteiger partial charge in [-0.25, -0.2) is 0 Å². The molecule has 0 aliphatic rings. The summed E-state index contributed by atoms with van der Waals surface area (Å²) in [5.74, 6) is 0.488. The molecule has 2 rings (SSSR count). The first kappa shape index (κ1) is 17.0. The van der Waals surface area contributed by atoms with E-state index >= 15 is 0 Å². The second-order valence-corrected chi connectivity index (χ2v) is 6.06. The number of hydrogen-bond acceptors (Lipinski definition) is 2. The molecule has 0 unspecified atom stereocenters. The maximum Gasteiger partial charge on any atom is 0.311 e. The van der Waals surface area contributed by atoms with Gasteiger partial charge in [0, 0.05) is 6.42 Å². The summed E-state index contributed by atoms with van der Waals surface area (Å²) in [7, 11) is 0. The average molecular weight is 308 g/mol. The zero-order chi connectivity index (χ0) is 16.7. The van der Waals surface area contributed by atoms with Crippen molar-refractivity contribution in [3.05, 3.63) is 76.9 Å². The number of hydrogen-bond donors (Lipinski definition) is 0. The highest BCUT2D eigenvalue weighted by molar-refractivity contribution is 5.73. The minimum atomic E-state index is -0.184. The number of aryl methyl sites for hydroxylation is 2. The van der Waals surface area contributed by atoms with Gasteiger partial charge >= 0.3 is 5.97 Å². The maximum atomic E-state index is 12.1. The minimum absolute atomic E-state index is 0.184. The van der Waals surface area contributed by atoms with Crippen LogP contribution in [0.3, 0.4) is 0 Å². The van der Waals surface area contributed by atoms with E-state index in [-0.39, 0.29) is 5.97 Å². The molecule has 0 aliphatic carbocycles. The second kappa shape index (κ2) is 8.33. The van der Waals surface area contributed by atoms with E-state index in [1.165, 1.54) is 11.1 Å². The first-order valence-electron chi connectivity index (χ1n) is 8.02. The number of esters is 1. The summed E-state index contributed by atoms with van der Waals surface area (Å²) in [5, 5.41) is 0. The normalized spacial score (nSPS) is 10.2. The monoisotopic (exact) mass is 308 g/mol. The van der Waals surface area contributed by atoms with Crippen molar-refractivity contribution in [1.82, 2.24) is 0 Å². The first-order valence-corrected chi connectivity index (χ1v) is 8.02. The van der Waals surface area contributed by atoms with E-state index in [2.05, 4.69) is 26.0 Å². The largest absolute Gasteiger partial charge is 0.426 e. The molecule has 0 aromatic heterocycles. The van der Waals surface area contributed by atoms with Crippen LogP contribution in [0.4, 0.5) is 0 Å². The summed E-state index contributed by atoms with van der Waals surface area (Å²) >= 11 is 0. The summed E-state index contributed by atoms with van der Waals surface area (Å²) in [6, 6.07) is 16.0. The lowest BCUT2D eigenvalue weighted by atomic mass is 10.1. The van der Waals surface area contributed by atoms with Crippen LogP contribution in [0.1, 0.15) is 37.0 Å². The molecule has 0 aliphatic heterocycles. The Hall–Kier alpha value is -2.35. The van der Waals surface area contributed by atoms with Crippen LogP contribution in [0.15, 0.2) is 60.2 Å². The topological polar surface area (TPSA) is 26.3 Å². The Morgan fingerprint density at radius 1 is 1.09 bits per heavy atom. The van der Waals surface area contributed by atoms with Gasteiger partial charge in [0.1, 0.15) is 5.75 Å². The van der Waals surface area contributed by atoms with Gasteiger partial charge < -0.3 is 4.74 Å². The fourth-order valence-corrected chi connectivity index (χ4v) is 2.35. The zero-order valence-electron chi connectivity index (χ0n) is 14.1. The van der Waals surface area contributed by atoms with Crippen LogP contribution in [0, 0.1) is 6.92 Å². The quantitative estimate of drug-likeness (QED) is 0.424. The predicted molar refractivity (Wildman–Crippen MR) is 94.7 cm³/mol. The van der Waals surface area contributed by atoms with Crippen molar-refractivity contribution in [2.24, 2.45) is 0 Å². The number of ether oxygens (including phenoxy) is 1. The van der Waals surface area contributed by atoms with E-state index in [9.17, 15) is 4.79 Å². The fraction of sp³-hybridized carbons (Fsp3) is 0.286. The number of allylic oxidation sites excluding steroid dienone is 2. The molecule has 0 amide bonds. The molecule has 2 nitrogen and oxygen atoms in total. The van der Waals surface area contributed by atoms with Crippen LogP contribution in [0.25, 0.3) is 0 Å². The summed E-state index contributed by atoms with van der Waals surface area (Å²) in [6.07, 6.45) is 4.02. The molecular formula is C21H24O2. The summed E-state index contributed by atoms with van der Waals surface area (Å²) in [6.45, 7) is 6.19. The van der Waals surface area contributed by atoms with Gasteiger partial charge in [-0.15, -0.1) is 0 Å². The van der Waals surface area contributed by atoms with Crippen molar-refractivity contribution < 1.29 is 9.53 Å². The van der Waals surface area contributed by atoms with Gasteiger partial charge in [0.25, 0.3) is 0 Å². The lowest BCUT2D eigenvalue weighted by molar-refractivity contribution is -0.134. The van der Waals surface area contributed by atoms with Gasteiger partial charge in [0.2, 0.25) is 0 Å². The SMILES string of the molecule is CC(C)=CCc1cc(C)ccc1OC(=O)CCc1ccccc1. The van der Waals surface area contributed by atoms with Crippen LogP contribution in [-0.2, 0) is 17.6 Å². The molecule has 120 valence electrons. The third-order valence-corrected chi connectivity index (χ3v) is 3.63. The van der Waals surface area contributed by atoms with E-state index in [4.69, 9.17) is 4.74 Å². The lowest BCUT2D eigenvalue weighted by Crippen LogP contribution is -2.10. The Kier molecular flexibility index (Phi) is 6.16. The lowest BCUT2D eigenvalue weighted by Gasteiger charge is -2.10. The maximum absolute atomic E-state index is 12.1. The number of benzene rings is 2. The van der Waals surface area contributed by atoms with E-state index in [1.807, 2.05) is 49.4 Å². The van der Waals surface area contributed by atoms with E-state index in [0.29, 0.717) is 18.6 Å². The van der Waals surface area contributed by atoms with Gasteiger partial charge in [-0.2, -0.15) is 0 Å². The van der Waals surface area contributed by atoms with Crippen LogP contribution in [0.5, 0.6) is 5.75 Å². The number of rotatable bonds is 6. The second-order valence-electron chi connectivity index (χ2n) is 6.06. The predicted octanol–water partition coefficient (Wildman–Crippen LogP) is 5.04.